The Labute approximate surface area is 84.5 Å². The van der Waals surface area contributed by atoms with Gasteiger partial charge in [0, 0.05) is 19.1 Å². The third-order valence-corrected chi connectivity index (χ3v) is 2.09. The fourth-order valence-corrected chi connectivity index (χ4v) is 1.07. The molecule has 0 aliphatic carbocycles. The van der Waals surface area contributed by atoms with Crippen molar-refractivity contribution in [3.63, 3.8) is 0 Å². The van der Waals surface area contributed by atoms with E-state index in [1.807, 2.05) is 31.2 Å². The van der Waals surface area contributed by atoms with Gasteiger partial charge in [0.25, 0.3) is 0 Å². The zero-order valence-electron chi connectivity index (χ0n) is 8.33. The van der Waals surface area contributed by atoms with Crippen molar-refractivity contribution in [2.24, 2.45) is 5.73 Å². The van der Waals surface area contributed by atoms with E-state index in [-0.39, 0.29) is 0 Å². The topological polar surface area (TPSA) is 61.8 Å². The number of nitrogens with one attached hydrogen (secondary N) is 1. The van der Waals surface area contributed by atoms with Gasteiger partial charge in [0.05, 0.1) is 11.6 Å². The molecular formula is C11H15N3. The summed E-state index contributed by atoms with van der Waals surface area (Å²) in [6.45, 7) is 3.48. The van der Waals surface area contributed by atoms with Gasteiger partial charge in [-0.3, -0.25) is 0 Å². The molecule has 0 amide bonds. The first-order valence-corrected chi connectivity index (χ1v) is 4.68. The van der Waals surface area contributed by atoms with E-state index in [2.05, 4.69) is 11.4 Å². The highest BCUT2D eigenvalue weighted by molar-refractivity contribution is 5.31. The average molecular weight is 189 g/mol. The fraction of sp³-hybridized carbons (Fsp3) is 0.364. The molecule has 0 radical (unpaired) electrons. The molecule has 0 bridgehead atoms. The number of nitrogens with zero attached hydrogens (tertiary/aromatic N) is 1. The van der Waals surface area contributed by atoms with Crippen molar-refractivity contribution in [1.82, 2.24) is 5.32 Å². The maximum atomic E-state index is 8.60. The summed E-state index contributed by atoms with van der Waals surface area (Å²) in [6.07, 6.45) is 0. The minimum Gasteiger partial charge on any atom is -0.329 e. The molecule has 3 nitrogen and oxygen atoms in total. The van der Waals surface area contributed by atoms with Crippen LogP contribution in [-0.4, -0.2) is 12.6 Å². The summed E-state index contributed by atoms with van der Waals surface area (Å²) in [5, 5.41) is 11.9. The van der Waals surface area contributed by atoms with Gasteiger partial charge in [-0.05, 0) is 24.6 Å². The largest absolute Gasteiger partial charge is 0.329 e. The third-order valence-electron chi connectivity index (χ3n) is 2.09. The predicted molar refractivity (Wildman–Crippen MR) is 56.5 cm³/mol. The van der Waals surface area contributed by atoms with Crippen LogP contribution in [0, 0.1) is 11.3 Å². The van der Waals surface area contributed by atoms with Crippen LogP contribution in [0.3, 0.4) is 0 Å². The molecular weight excluding hydrogens is 174 g/mol. The van der Waals surface area contributed by atoms with E-state index in [1.165, 1.54) is 5.56 Å². The van der Waals surface area contributed by atoms with E-state index in [0.29, 0.717) is 18.2 Å². The van der Waals surface area contributed by atoms with E-state index < -0.39 is 0 Å². The molecule has 1 unspecified atom stereocenters. The van der Waals surface area contributed by atoms with Crippen LogP contribution in [-0.2, 0) is 6.54 Å². The predicted octanol–water partition coefficient (Wildman–Crippen LogP) is 0.995. The van der Waals surface area contributed by atoms with Crippen molar-refractivity contribution in [2.75, 3.05) is 6.54 Å². The standard InChI is InChI=1S/C11H15N3/c1-9(6-12)14-8-11-4-2-10(7-13)3-5-11/h2-5,9,14H,6,8,12H2,1H3. The summed E-state index contributed by atoms with van der Waals surface area (Å²) in [4.78, 5) is 0. The van der Waals surface area contributed by atoms with Gasteiger partial charge in [0.2, 0.25) is 0 Å². The maximum absolute atomic E-state index is 8.60. The highest BCUT2D eigenvalue weighted by Gasteiger charge is 1.98. The molecule has 0 aliphatic rings. The van der Waals surface area contributed by atoms with Crippen LogP contribution in [0.1, 0.15) is 18.1 Å². The molecule has 0 aromatic heterocycles. The van der Waals surface area contributed by atoms with Crippen LogP contribution in [0.4, 0.5) is 0 Å². The lowest BCUT2D eigenvalue weighted by Gasteiger charge is -2.10. The zero-order valence-corrected chi connectivity index (χ0v) is 8.33. The van der Waals surface area contributed by atoms with E-state index in [9.17, 15) is 0 Å². The lowest BCUT2D eigenvalue weighted by Crippen LogP contribution is -2.32. The Morgan fingerprint density at radius 2 is 2.07 bits per heavy atom. The summed E-state index contributed by atoms with van der Waals surface area (Å²) in [6, 6.07) is 9.97. The first-order chi connectivity index (χ1) is 6.76. The van der Waals surface area contributed by atoms with Gasteiger partial charge >= 0.3 is 0 Å². The summed E-state index contributed by atoms with van der Waals surface area (Å²) >= 11 is 0. The highest BCUT2D eigenvalue weighted by Crippen LogP contribution is 2.02. The van der Waals surface area contributed by atoms with Crippen LogP contribution in [0.25, 0.3) is 0 Å². The second kappa shape index (κ2) is 5.38. The Bertz CT molecular complexity index is 310. The van der Waals surface area contributed by atoms with Crippen molar-refractivity contribution in [3.8, 4) is 6.07 Å². The van der Waals surface area contributed by atoms with Gasteiger partial charge in [0.15, 0.2) is 0 Å². The van der Waals surface area contributed by atoms with E-state index in [0.717, 1.165) is 6.54 Å². The molecule has 14 heavy (non-hydrogen) atoms. The van der Waals surface area contributed by atoms with Gasteiger partial charge < -0.3 is 11.1 Å². The van der Waals surface area contributed by atoms with Crippen LogP contribution in [0.15, 0.2) is 24.3 Å². The first-order valence-electron chi connectivity index (χ1n) is 4.68. The van der Waals surface area contributed by atoms with E-state index in [1.54, 1.807) is 0 Å². The molecule has 1 aromatic rings. The third kappa shape index (κ3) is 3.17. The van der Waals surface area contributed by atoms with Crippen molar-refractivity contribution in [3.05, 3.63) is 35.4 Å². The van der Waals surface area contributed by atoms with Crippen molar-refractivity contribution in [2.45, 2.75) is 19.5 Å². The second-order valence-electron chi connectivity index (χ2n) is 3.33. The molecule has 1 aromatic carbocycles. The Morgan fingerprint density at radius 3 is 2.57 bits per heavy atom. The Hall–Kier alpha value is -1.37. The normalized spacial score (nSPS) is 12.1. The number of rotatable bonds is 4. The molecule has 0 heterocycles. The zero-order chi connectivity index (χ0) is 10.4. The SMILES string of the molecule is CC(CN)NCc1ccc(C#N)cc1. The molecule has 0 aliphatic heterocycles. The Morgan fingerprint density at radius 1 is 1.43 bits per heavy atom. The molecule has 3 heteroatoms. The van der Waals surface area contributed by atoms with Crippen molar-refractivity contribution >= 4 is 0 Å². The minimum absolute atomic E-state index is 0.325. The summed E-state index contributed by atoms with van der Waals surface area (Å²) in [7, 11) is 0. The quantitative estimate of drug-likeness (QED) is 0.742. The molecule has 0 saturated carbocycles. The number of nitrogens with two attached hydrogens (primary N) is 1. The summed E-state index contributed by atoms with van der Waals surface area (Å²) in [5.41, 5.74) is 7.34. The van der Waals surface area contributed by atoms with E-state index in [4.69, 9.17) is 11.0 Å². The van der Waals surface area contributed by atoms with Crippen LogP contribution < -0.4 is 11.1 Å². The molecule has 3 N–H and O–H groups in total. The molecule has 0 fully saturated rings. The second-order valence-corrected chi connectivity index (χ2v) is 3.33. The lowest BCUT2D eigenvalue weighted by molar-refractivity contribution is 0.556. The van der Waals surface area contributed by atoms with E-state index >= 15 is 0 Å². The average Bonchev–Trinajstić information content (AvgIpc) is 2.26. The number of hydrogen-bond acceptors (Lipinski definition) is 3. The summed E-state index contributed by atoms with van der Waals surface area (Å²) < 4.78 is 0. The fourth-order valence-electron chi connectivity index (χ4n) is 1.07. The monoisotopic (exact) mass is 189 g/mol. The smallest absolute Gasteiger partial charge is 0.0991 e. The lowest BCUT2D eigenvalue weighted by atomic mass is 10.1. The number of hydrogen-bond donors (Lipinski definition) is 2. The minimum atomic E-state index is 0.325. The molecule has 0 spiro atoms. The van der Waals surface area contributed by atoms with Gasteiger partial charge in [-0.2, -0.15) is 5.26 Å². The van der Waals surface area contributed by atoms with Crippen LogP contribution in [0.2, 0.25) is 0 Å². The highest BCUT2D eigenvalue weighted by atomic mass is 14.9. The molecule has 0 saturated heterocycles. The van der Waals surface area contributed by atoms with Gasteiger partial charge in [-0.25, -0.2) is 0 Å². The number of benzene rings is 1. The van der Waals surface area contributed by atoms with Crippen molar-refractivity contribution in [1.29, 1.82) is 5.26 Å². The first kappa shape index (κ1) is 10.7. The number of nitriles is 1. The Balaban J connectivity index is 2.49. The van der Waals surface area contributed by atoms with Crippen LogP contribution in [0.5, 0.6) is 0 Å². The van der Waals surface area contributed by atoms with Gasteiger partial charge in [-0.15, -0.1) is 0 Å². The molecule has 1 rings (SSSR count). The van der Waals surface area contributed by atoms with Crippen molar-refractivity contribution < 1.29 is 0 Å². The van der Waals surface area contributed by atoms with Gasteiger partial charge in [0.1, 0.15) is 0 Å². The van der Waals surface area contributed by atoms with Crippen LogP contribution >= 0.6 is 0 Å². The summed E-state index contributed by atoms with van der Waals surface area (Å²) in [5.74, 6) is 0. The molecule has 1 atom stereocenters. The Kier molecular flexibility index (Phi) is 4.11. The molecule has 74 valence electrons. The van der Waals surface area contributed by atoms with Gasteiger partial charge in [-0.1, -0.05) is 12.1 Å². The maximum Gasteiger partial charge on any atom is 0.0991 e.